The van der Waals surface area contributed by atoms with Crippen LogP contribution in [0.3, 0.4) is 0 Å². The zero-order valence-electron chi connectivity index (χ0n) is 12.8. The van der Waals surface area contributed by atoms with Gasteiger partial charge >= 0.3 is 0 Å². The van der Waals surface area contributed by atoms with Gasteiger partial charge in [0.25, 0.3) is 0 Å². The van der Waals surface area contributed by atoms with Gasteiger partial charge in [0.05, 0.1) is 12.1 Å². The van der Waals surface area contributed by atoms with Gasteiger partial charge in [0.15, 0.2) is 0 Å². The van der Waals surface area contributed by atoms with Gasteiger partial charge in [0.2, 0.25) is 5.91 Å². The molecule has 122 valence electrons. The Bertz CT molecular complexity index is 502. The standard InChI is InChI=1S/C16H23ClN2O3/c1-22-15-3-2-13(10-14(15)17)18-16(21)6-9-19-7-4-12(11-20)5-8-19/h2-3,10,12,20H,4-9,11H2,1H3,(H,18,21). The summed E-state index contributed by atoms with van der Waals surface area (Å²) in [4.78, 5) is 14.3. The Kier molecular flexibility index (Phi) is 6.49. The van der Waals surface area contributed by atoms with Crippen LogP contribution in [-0.4, -0.2) is 49.3 Å². The molecule has 0 aromatic heterocycles. The Morgan fingerprint density at radius 3 is 2.77 bits per heavy atom. The van der Waals surface area contributed by atoms with E-state index < -0.39 is 0 Å². The van der Waals surface area contributed by atoms with Crippen molar-refractivity contribution >= 4 is 23.2 Å². The van der Waals surface area contributed by atoms with E-state index in [-0.39, 0.29) is 12.5 Å². The third-order valence-electron chi connectivity index (χ3n) is 4.06. The summed E-state index contributed by atoms with van der Waals surface area (Å²) in [6.45, 7) is 2.92. The predicted molar refractivity (Wildman–Crippen MR) is 87.5 cm³/mol. The molecule has 0 unspecified atom stereocenters. The van der Waals surface area contributed by atoms with E-state index in [1.807, 2.05) is 0 Å². The minimum Gasteiger partial charge on any atom is -0.495 e. The number of piperidine rings is 1. The Balaban J connectivity index is 1.75. The number of anilines is 1. The number of nitrogens with one attached hydrogen (secondary N) is 1. The molecule has 2 rings (SSSR count). The first-order valence-corrected chi connectivity index (χ1v) is 7.96. The number of hydrogen-bond acceptors (Lipinski definition) is 4. The number of likely N-dealkylation sites (tertiary alicyclic amines) is 1. The Morgan fingerprint density at radius 2 is 2.18 bits per heavy atom. The quantitative estimate of drug-likeness (QED) is 0.842. The smallest absolute Gasteiger partial charge is 0.225 e. The normalized spacial score (nSPS) is 16.5. The fraction of sp³-hybridized carbons (Fsp3) is 0.562. The molecule has 1 aromatic rings. The zero-order valence-corrected chi connectivity index (χ0v) is 13.6. The van der Waals surface area contributed by atoms with Crippen molar-refractivity contribution in [2.75, 3.05) is 38.7 Å². The fourth-order valence-electron chi connectivity index (χ4n) is 2.62. The zero-order chi connectivity index (χ0) is 15.9. The summed E-state index contributed by atoms with van der Waals surface area (Å²) in [6.07, 6.45) is 2.46. The van der Waals surface area contributed by atoms with E-state index in [1.165, 1.54) is 0 Å². The first-order valence-electron chi connectivity index (χ1n) is 7.59. The van der Waals surface area contributed by atoms with Gasteiger partial charge in [0, 0.05) is 25.3 Å². The van der Waals surface area contributed by atoms with Crippen LogP contribution >= 0.6 is 11.6 Å². The van der Waals surface area contributed by atoms with Crippen LogP contribution in [0.15, 0.2) is 18.2 Å². The monoisotopic (exact) mass is 326 g/mol. The van der Waals surface area contributed by atoms with Gasteiger partial charge in [0.1, 0.15) is 5.75 Å². The van der Waals surface area contributed by atoms with Crippen LogP contribution in [0.2, 0.25) is 5.02 Å². The maximum atomic E-state index is 12.0. The highest BCUT2D eigenvalue weighted by Gasteiger charge is 2.18. The highest BCUT2D eigenvalue weighted by molar-refractivity contribution is 6.32. The van der Waals surface area contributed by atoms with E-state index in [4.69, 9.17) is 21.4 Å². The third kappa shape index (κ3) is 4.87. The molecular weight excluding hydrogens is 304 g/mol. The molecule has 0 saturated carbocycles. The Hall–Kier alpha value is -1.30. The van der Waals surface area contributed by atoms with E-state index in [0.29, 0.717) is 28.8 Å². The average Bonchev–Trinajstić information content (AvgIpc) is 2.53. The van der Waals surface area contributed by atoms with Gasteiger partial charge in [-0.3, -0.25) is 4.79 Å². The lowest BCUT2D eigenvalue weighted by Gasteiger charge is -2.30. The average molecular weight is 327 g/mol. The molecule has 1 amide bonds. The molecular formula is C16H23ClN2O3. The second-order valence-corrected chi connectivity index (χ2v) is 6.02. The number of aliphatic hydroxyl groups is 1. The van der Waals surface area contributed by atoms with Crippen molar-refractivity contribution in [2.45, 2.75) is 19.3 Å². The topological polar surface area (TPSA) is 61.8 Å². The molecule has 1 fully saturated rings. The summed E-state index contributed by atoms with van der Waals surface area (Å²) in [5, 5.41) is 12.4. The van der Waals surface area contributed by atoms with Crippen molar-refractivity contribution in [3.63, 3.8) is 0 Å². The molecule has 0 radical (unpaired) electrons. The maximum Gasteiger partial charge on any atom is 0.225 e. The minimum absolute atomic E-state index is 0.0227. The van der Waals surface area contributed by atoms with Gasteiger partial charge < -0.3 is 20.1 Å². The molecule has 0 atom stereocenters. The summed E-state index contributed by atoms with van der Waals surface area (Å²) in [5.41, 5.74) is 0.676. The molecule has 1 saturated heterocycles. The molecule has 0 aliphatic carbocycles. The first-order chi connectivity index (χ1) is 10.6. The number of carbonyl (C=O) groups excluding carboxylic acids is 1. The van der Waals surface area contributed by atoms with Crippen molar-refractivity contribution < 1.29 is 14.6 Å². The number of rotatable bonds is 6. The second-order valence-electron chi connectivity index (χ2n) is 5.62. The number of carbonyl (C=O) groups is 1. The van der Waals surface area contributed by atoms with Gasteiger partial charge in [-0.25, -0.2) is 0 Å². The lowest BCUT2D eigenvalue weighted by molar-refractivity contribution is -0.116. The van der Waals surface area contributed by atoms with Crippen molar-refractivity contribution in [1.29, 1.82) is 0 Å². The van der Waals surface area contributed by atoms with E-state index in [0.717, 1.165) is 32.5 Å². The van der Waals surface area contributed by atoms with Crippen molar-refractivity contribution in [3.8, 4) is 5.75 Å². The molecule has 2 N–H and O–H groups in total. The van der Waals surface area contributed by atoms with Crippen LogP contribution < -0.4 is 10.1 Å². The number of benzene rings is 1. The highest BCUT2D eigenvalue weighted by atomic mass is 35.5. The molecule has 22 heavy (non-hydrogen) atoms. The highest BCUT2D eigenvalue weighted by Crippen LogP contribution is 2.27. The third-order valence-corrected chi connectivity index (χ3v) is 4.35. The van der Waals surface area contributed by atoms with Gasteiger partial charge in [-0.1, -0.05) is 11.6 Å². The number of aliphatic hydroxyl groups excluding tert-OH is 1. The summed E-state index contributed by atoms with van der Waals surface area (Å²) in [6, 6.07) is 5.19. The molecule has 1 aromatic carbocycles. The largest absolute Gasteiger partial charge is 0.495 e. The van der Waals surface area contributed by atoms with E-state index >= 15 is 0 Å². The predicted octanol–water partition coefficient (Wildman–Crippen LogP) is 2.38. The van der Waals surface area contributed by atoms with Crippen LogP contribution in [-0.2, 0) is 4.79 Å². The fourth-order valence-corrected chi connectivity index (χ4v) is 2.88. The summed E-state index contributed by atoms with van der Waals surface area (Å²) < 4.78 is 5.08. The van der Waals surface area contributed by atoms with Gasteiger partial charge in [-0.2, -0.15) is 0 Å². The molecule has 6 heteroatoms. The number of halogens is 1. The van der Waals surface area contributed by atoms with Crippen LogP contribution in [0.25, 0.3) is 0 Å². The lowest BCUT2D eigenvalue weighted by Crippen LogP contribution is -2.36. The first kappa shape index (κ1) is 17.1. The van der Waals surface area contributed by atoms with Crippen LogP contribution in [0, 0.1) is 5.92 Å². The number of nitrogens with zero attached hydrogens (tertiary/aromatic N) is 1. The molecule has 5 nitrogen and oxygen atoms in total. The van der Waals surface area contributed by atoms with E-state index in [2.05, 4.69) is 10.2 Å². The Labute approximate surface area is 136 Å². The maximum absolute atomic E-state index is 12.0. The van der Waals surface area contributed by atoms with Crippen molar-refractivity contribution in [2.24, 2.45) is 5.92 Å². The molecule has 1 heterocycles. The van der Waals surface area contributed by atoms with E-state index in [9.17, 15) is 4.79 Å². The second kappa shape index (κ2) is 8.36. The van der Waals surface area contributed by atoms with Gasteiger partial charge in [-0.15, -0.1) is 0 Å². The summed E-state index contributed by atoms with van der Waals surface area (Å²) in [7, 11) is 1.55. The van der Waals surface area contributed by atoms with E-state index in [1.54, 1.807) is 25.3 Å². The van der Waals surface area contributed by atoms with Crippen LogP contribution in [0.4, 0.5) is 5.69 Å². The van der Waals surface area contributed by atoms with Crippen molar-refractivity contribution in [3.05, 3.63) is 23.2 Å². The van der Waals surface area contributed by atoms with Crippen LogP contribution in [0.5, 0.6) is 5.75 Å². The molecule has 0 bridgehead atoms. The number of methoxy groups -OCH3 is 1. The van der Waals surface area contributed by atoms with Crippen molar-refractivity contribution in [1.82, 2.24) is 4.90 Å². The number of ether oxygens (including phenoxy) is 1. The SMILES string of the molecule is COc1ccc(NC(=O)CCN2CCC(CO)CC2)cc1Cl. The Morgan fingerprint density at radius 1 is 1.45 bits per heavy atom. The molecule has 0 spiro atoms. The van der Waals surface area contributed by atoms with Gasteiger partial charge in [-0.05, 0) is 50.0 Å². The number of hydrogen-bond donors (Lipinski definition) is 2. The molecule has 1 aliphatic rings. The minimum atomic E-state index is -0.0227. The number of amides is 1. The molecule has 1 aliphatic heterocycles. The van der Waals surface area contributed by atoms with Crippen LogP contribution in [0.1, 0.15) is 19.3 Å². The summed E-state index contributed by atoms with van der Waals surface area (Å²) in [5.74, 6) is 0.989. The lowest BCUT2D eigenvalue weighted by atomic mass is 9.98. The summed E-state index contributed by atoms with van der Waals surface area (Å²) >= 11 is 6.03.